The third-order valence-electron chi connectivity index (χ3n) is 4.60. The topological polar surface area (TPSA) is 93.0 Å². The fourth-order valence-electron chi connectivity index (χ4n) is 2.92. The summed E-state index contributed by atoms with van der Waals surface area (Å²) in [6, 6.07) is 14.7. The van der Waals surface area contributed by atoms with Gasteiger partial charge < -0.3 is 4.90 Å². The number of rotatable bonds is 8. The van der Waals surface area contributed by atoms with Crippen LogP contribution >= 0.6 is 0 Å². The molecule has 0 spiro atoms. The molecule has 0 saturated heterocycles. The Kier molecular flexibility index (Phi) is 6.18. The molecule has 0 saturated carbocycles. The van der Waals surface area contributed by atoms with Gasteiger partial charge in [-0.1, -0.05) is 37.3 Å². The number of nitrogens with zero attached hydrogens (tertiary/aromatic N) is 5. The van der Waals surface area contributed by atoms with E-state index in [9.17, 15) is 8.42 Å². The number of aryl methyl sites for hydroxylation is 1. The zero-order valence-electron chi connectivity index (χ0n) is 16.1. The first-order valence-electron chi connectivity index (χ1n) is 8.99. The third kappa shape index (κ3) is 4.61. The van der Waals surface area contributed by atoms with Crippen LogP contribution in [0, 0.1) is 0 Å². The summed E-state index contributed by atoms with van der Waals surface area (Å²) in [6.45, 7) is 2.37. The molecule has 1 unspecified atom stereocenters. The molecule has 3 aromatic rings. The lowest BCUT2D eigenvalue weighted by molar-refractivity contribution is 0.299. The molecule has 148 valence electrons. The maximum absolute atomic E-state index is 12.8. The van der Waals surface area contributed by atoms with Crippen LogP contribution in [-0.2, 0) is 16.4 Å². The Morgan fingerprint density at radius 3 is 2.50 bits per heavy atom. The van der Waals surface area contributed by atoms with Gasteiger partial charge in [0.1, 0.15) is 6.33 Å². The maximum Gasteiger partial charge on any atom is 0.240 e. The summed E-state index contributed by atoms with van der Waals surface area (Å²) in [5.41, 5.74) is 2.89. The van der Waals surface area contributed by atoms with Gasteiger partial charge >= 0.3 is 0 Å². The molecule has 0 aliphatic rings. The summed E-state index contributed by atoms with van der Waals surface area (Å²) in [7, 11) is 0.189. The second-order valence-electron chi connectivity index (χ2n) is 6.68. The summed E-state index contributed by atoms with van der Waals surface area (Å²) in [5.74, 6) is 0. The SMILES string of the molecule is CCc1ccc(C(CNS(=O)(=O)c2cccc(-n3cnnn3)c2)N(C)C)cc1. The van der Waals surface area contributed by atoms with Crippen LogP contribution in [0.25, 0.3) is 5.69 Å². The van der Waals surface area contributed by atoms with Gasteiger partial charge in [-0.05, 0) is 60.3 Å². The van der Waals surface area contributed by atoms with Crippen molar-refractivity contribution in [3.63, 3.8) is 0 Å². The molecular formula is C19H24N6O2S. The highest BCUT2D eigenvalue weighted by Gasteiger charge is 2.20. The van der Waals surface area contributed by atoms with Crippen LogP contribution in [-0.4, -0.2) is 54.2 Å². The van der Waals surface area contributed by atoms with Crippen LogP contribution in [0.3, 0.4) is 0 Å². The summed E-state index contributed by atoms with van der Waals surface area (Å²) in [4.78, 5) is 2.17. The van der Waals surface area contributed by atoms with Crippen LogP contribution in [0.2, 0.25) is 0 Å². The van der Waals surface area contributed by atoms with Gasteiger partial charge in [0, 0.05) is 12.6 Å². The van der Waals surface area contributed by atoms with E-state index >= 15 is 0 Å². The van der Waals surface area contributed by atoms with Gasteiger partial charge in [-0.3, -0.25) is 0 Å². The van der Waals surface area contributed by atoms with Crippen molar-refractivity contribution < 1.29 is 8.42 Å². The van der Waals surface area contributed by atoms with E-state index in [0.29, 0.717) is 5.69 Å². The maximum atomic E-state index is 12.8. The van der Waals surface area contributed by atoms with E-state index in [-0.39, 0.29) is 17.5 Å². The first-order chi connectivity index (χ1) is 13.4. The molecule has 0 bridgehead atoms. The van der Waals surface area contributed by atoms with E-state index in [1.165, 1.54) is 16.6 Å². The van der Waals surface area contributed by atoms with Crippen molar-refractivity contribution in [3.05, 3.63) is 66.0 Å². The molecule has 1 atom stereocenters. The van der Waals surface area contributed by atoms with Crippen molar-refractivity contribution in [2.75, 3.05) is 20.6 Å². The van der Waals surface area contributed by atoms with Crippen molar-refractivity contribution in [3.8, 4) is 5.69 Å². The van der Waals surface area contributed by atoms with Gasteiger partial charge in [-0.2, -0.15) is 0 Å². The summed E-state index contributed by atoms with van der Waals surface area (Å²) in [6.07, 6.45) is 2.39. The first-order valence-corrected chi connectivity index (χ1v) is 10.5. The van der Waals surface area contributed by atoms with Gasteiger partial charge in [0.05, 0.1) is 10.6 Å². The number of aromatic nitrogens is 4. The number of hydrogen-bond acceptors (Lipinski definition) is 6. The summed E-state index contributed by atoms with van der Waals surface area (Å²) in [5, 5.41) is 10.9. The largest absolute Gasteiger partial charge is 0.301 e. The Morgan fingerprint density at radius 1 is 1.14 bits per heavy atom. The number of hydrogen-bond donors (Lipinski definition) is 1. The number of sulfonamides is 1. The second-order valence-corrected chi connectivity index (χ2v) is 8.45. The molecule has 2 aromatic carbocycles. The van der Waals surface area contributed by atoms with Crippen molar-refractivity contribution in [2.24, 2.45) is 0 Å². The molecule has 1 heterocycles. The van der Waals surface area contributed by atoms with E-state index in [4.69, 9.17) is 0 Å². The standard InChI is InChI=1S/C19H24N6O2S/c1-4-15-8-10-16(11-9-15)19(24(2)3)13-21-28(26,27)18-7-5-6-17(12-18)25-14-20-22-23-25/h5-12,14,19,21H,4,13H2,1-3H3. The lowest BCUT2D eigenvalue weighted by Gasteiger charge is -2.25. The average molecular weight is 401 g/mol. The van der Waals surface area contributed by atoms with Crippen molar-refractivity contribution in [1.82, 2.24) is 29.8 Å². The van der Waals surface area contributed by atoms with Gasteiger partial charge in [-0.25, -0.2) is 17.8 Å². The lowest BCUT2D eigenvalue weighted by atomic mass is 10.0. The van der Waals surface area contributed by atoms with E-state index in [0.717, 1.165) is 12.0 Å². The molecule has 0 amide bonds. The number of tetrazole rings is 1. The highest BCUT2D eigenvalue weighted by Crippen LogP contribution is 2.20. The Labute approximate surface area is 165 Å². The molecule has 3 rings (SSSR count). The summed E-state index contributed by atoms with van der Waals surface area (Å²) < 4.78 is 29.8. The molecular weight excluding hydrogens is 376 g/mol. The Balaban J connectivity index is 1.78. The molecule has 0 aliphatic carbocycles. The Hall–Kier alpha value is -2.62. The van der Waals surface area contributed by atoms with Gasteiger partial charge in [0.25, 0.3) is 0 Å². The first kappa shape index (κ1) is 20.1. The predicted octanol–water partition coefficient (Wildman–Crippen LogP) is 1.81. The van der Waals surface area contributed by atoms with E-state index in [1.807, 2.05) is 19.0 Å². The second kappa shape index (κ2) is 8.59. The third-order valence-corrected chi connectivity index (χ3v) is 6.03. The van der Waals surface area contributed by atoms with Crippen LogP contribution in [0.5, 0.6) is 0 Å². The van der Waals surface area contributed by atoms with Gasteiger partial charge in [0.15, 0.2) is 0 Å². The van der Waals surface area contributed by atoms with E-state index in [2.05, 4.69) is 51.4 Å². The van der Waals surface area contributed by atoms with Crippen molar-refractivity contribution in [2.45, 2.75) is 24.3 Å². The minimum atomic E-state index is -3.68. The minimum absolute atomic E-state index is 0.0802. The van der Waals surface area contributed by atoms with Crippen molar-refractivity contribution >= 4 is 10.0 Å². The van der Waals surface area contributed by atoms with Crippen LogP contribution < -0.4 is 4.72 Å². The lowest BCUT2D eigenvalue weighted by Crippen LogP contribution is -2.34. The average Bonchev–Trinajstić information content (AvgIpc) is 3.23. The molecule has 28 heavy (non-hydrogen) atoms. The normalized spacial score (nSPS) is 13.0. The zero-order valence-corrected chi connectivity index (χ0v) is 17.0. The molecule has 0 fully saturated rings. The zero-order chi connectivity index (χ0) is 20.1. The molecule has 1 N–H and O–H groups in total. The van der Waals surface area contributed by atoms with E-state index < -0.39 is 10.0 Å². The molecule has 1 aromatic heterocycles. The quantitative estimate of drug-likeness (QED) is 0.620. The molecule has 0 radical (unpaired) electrons. The fraction of sp³-hybridized carbons (Fsp3) is 0.316. The predicted molar refractivity (Wildman–Crippen MR) is 107 cm³/mol. The number of nitrogens with one attached hydrogen (secondary N) is 1. The van der Waals surface area contributed by atoms with Crippen molar-refractivity contribution in [1.29, 1.82) is 0 Å². The minimum Gasteiger partial charge on any atom is -0.301 e. The summed E-state index contributed by atoms with van der Waals surface area (Å²) >= 11 is 0. The van der Waals surface area contributed by atoms with Crippen LogP contribution in [0.4, 0.5) is 0 Å². The molecule has 0 aliphatic heterocycles. The van der Waals surface area contributed by atoms with Crippen LogP contribution in [0.1, 0.15) is 24.1 Å². The number of likely N-dealkylation sites (N-methyl/N-ethyl adjacent to an activating group) is 1. The highest BCUT2D eigenvalue weighted by atomic mass is 32.2. The molecule has 8 nitrogen and oxygen atoms in total. The smallest absolute Gasteiger partial charge is 0.240 e. The highest BCUT2D eigenvalue weighted by molar-refractivity contribution is 7.89. The monoisotopic (exact) mass is 400 g/mol. The Bertz CT molecular complexity index is 1000. The molecule has 9 heteroatoms. The van der Waals surface area contributed by atoms with E-state index in [1.54, 1.807) is 24.3 Å². The van der Waals surface area contributed by atoms with Crippen LogP contribution in [0.15, 0.2) is 59.8 Å². The Morgan fingerprint density at radius 2 is 1.89 bits per heavy atom. The number of benzene rings is 2. The van der Waals surface area contributed by atoms with Gasteiger partial charge in [-0.15, -0.1) is 5.10 Å². The van der Waals surface area contributed by atoms with Gasteiger partial charge in [0.2, 0.25) is 10.0 Å². The fourth-order valence-corrected chi connectivity index (χ4v) is 4.00.